The maximum atomic E-state index is 10.9. The molecule has 0 radical (unpaired) electrons. The van der Waals surface area contributed by atoms with Crippen molar-refractivity contribution in [2.24, 2.45) is 7.05 Å². The molecule has 72 valence electrons. The fraction of sp³-hybridized carbons (Fsp3) is 0.222. The molecule has 0 atom stereocenters. The monoisotopic (exact) mass is 191 g/mol. The van der Waals surface area contributed by atoms with Gasteiger partial charge in [-0.25, -0.2) is 0 Å². The summed E-state index contributed by atoms with van der Waals surface area (Å²) in [5.74, 6) is 0. The quantitative estimate of drug-likeness (QED) is 0.510. The normalized spacial score (nSPS) is 10.7. The molecule has 1 aromatic carbocycles. The van der Waals surface area contributed by atoms with Crippen LogP contribution in [0.1, 0.15) is 5.56 Å². The van der Waals surface area contributed by atoms with Crippen LogP contribution in [0, 0.1) is 17.0 Å². The second-order valence-electron chi connectivity index (χ2n) is 3.19. The molecule has 0 aliphatic rings. The van der Waals surface area contributed by atoms with Gasteiger partial charge in [0.25, 0.3) is 5.69 Å². The van der Waals surface area contributed by atoms with Crippen LogP contribution in [-0.4, -0.2) is 14.7 Å². The van der Waals surface area contributed by atoms with Crippen LogP contribution in [0.2, 0.25) is 0 Å². The fourth-order valence-electron chi connectivity index (χ4n) is 1.58. The highest BCUT2D eigenvalue weighted by Gasteiger charge is 2.18. The first-order valence-corrected chi connectivity index (χ1v) is 4.17. The number of rotatable bonds is 1. The van der Waals surface area contributed by atoms with E-state index in [1.54, 1.807) is 26.2 Å². The van der Waals surface area contributed by atoms with E-state index in [1.165, 1.54) is 4.68 Å². The van der Waals surface area contributed by atoms with E-state index in [4.69, 9.17) is 0 Å². The summed E-state index contributed by atoms with van der Waals surface area (Å²) in [5, 5.41) is 15.6. The van der Waals surface area contributed by atoms with E-state index >= 15 is 0 Å². The molecule has 1 heterocycles. The average molecular weight is 191 g/mol. The summed E-state index contributed by atoms with van der Waals surface area (Å²) in [6.45, 7) is 1.73. The molecule has 0 aliphatic heterocycles. The van der Waals surface area contributed by atoms with E-state index in [1.807, 2.05) is 6.07 Å². The Labute approximate surface area is 80.1 Å². The van der Waals surface area contributed by atoms with Gasteiger partial charge in [0.2, 0.25) is 0 Å². The molecule has 0 spiro atoms. The predicted octanol–water partition coefficient (Wildman–Crippen LogP) is 1.79. The van der Waals surface area contributed by atoms with Crippen LogP contribution in [0.5, 0.6) is 0 Å². The number of aromatic nitrogens is 2. The minimum atomic E-state index is -0.362. The van der Waals surface area contributed by atoms with E-state index in [-0.39, 0.29) is 10.6 Å². The summed E-state index contributed by atoms with van der Waals surface area (Å²) in [7, 11) is 1.70. The van der Waals surface area contributed by atoms with Gasteiger partial charge in [0.05, 0.1) is 11.1 Å². The number of fused-ring (bicyclic) bond motifs is 1. The molecule has 0 unspecified atom stereocenters. The van der Waals surface area contributed by atoms with Crippen molar-refractivity contribution in [1.29, 1.82) is 0 Å². The summed E-state index contributed by atoms with van der Waals surface area (Å²) in [5.41, 5.74) is 1.38. The summed E-state index contributed by atoms with van der Waals surface area (Å²) in [6.07, 6.45) is 1.63. The smallest absolute Gasteiger partial charge is 0.261 e. The minimum absolute atomic E-state index is 0.141. The molecule has 0 saturated carbocycles. The van der Waals surface area contributed by atoms with Gasteiger partial charge < -0.3 is 0 Å². The summed E-state index contributed by atoms with van der Waals surface area (Å²) >= 11 is 0. The average Bonchev–Trinajstić information content (AvgIpc) is 2.47. The van der Waals surface area contributed by atoms with Crippen LogP contribution in [0.3, 0.4) is 0 Å². The fourth-order valence-corrected chi connectivity index (χ4v) is 1.58. The van der Waals surface area contributed by atoms with E-state index in [9.17, 15) is 10.1 Å². The molecular formula is C9H9N3O2. The summed E-state index contributed by atoms with van der Waals surface area (Å²) in [6, 6.07) is 3.58. The third-order valence-electron chi connectivity index (χ3n) is 2.26. The van der Waals surface area contributed by atoms with Gasteiger partial charge in [0, 0.05) is 18.0 Å². The van der Waals surface area contributed by atoms with Crippen LogP contribution in [0.4, 0.5) is 5.69 Å². The predicted molar refractivity (Wildman–Crippen MR) is 52.1 cm³/mol. The van der Waals surface area contributed by atoms with Crippen molar-refractivity contribution in [1.82, 2.24) is 9.78 Å². The van der Waals surface area contributed by atoms with Crippen LogP contribution in [-0.2, 0) is 7.05 Å². The van der Waals surface area contributed by atoms with Crippen molar-refractivity contribution in [3.8, 4) is 0 Å². The third-order valence-corrected chi connectivity index (χ3v) is 2.26. The van der Waals surface area contributed by atoms with Gasteiger partial charge in [-0.15, -0.1) is 0 Å². The van der Waals surface area contributed by atoms with Gasteiger partial charge in [-0.3, -0.25) is 14.8 Å². The zero-order valence-electron chi connectivity index (χ0n) is 7.89. The number of aryl methyl sites for hydroxylation is 2. The lowest BCUT2D eigenvalue weighted by Gasteiger charge is -1.99. The van der Waals surface area contributed by atoms with Gasteiger partial charge >= 0.3 is 0 Å². The van der Waals surface area contributed by atoms with Gasteiger partial charge in [-0.1, -0.05) is 12.1 Å². The Morgan fingerprint density at radius 1 is 1.50 bits per heavy atom. The van der Waals surface area contributed by atoms with Crippen LogP contribution >= 0.6 is 0 Å². The zero-order chi connectivity index (χ0) is 10.3. The minimum Gasteiger partial charge on any atom is -0.261 e. The third kappa shape index (κ3) is 1.06. The molecule has 0 N–H and O–H groups in total. The SMILES string of the molecule is Cc1ccc2cnn(C)c2c1[N+](=O)[O-]. The molecule has 0 fully saturated rings. The van der Waals surface area contributed by atoms with Crippen molar-refractivity contribution in [3.05, 3.63) is 34.0 Å². The second kappa shape index (κ2) is 2.80. The van der Waals surface area contributed by atoms with E-state index < -0.39 is 0 Å². The first-order valence-electron chi connectivity index (χ1n) is 4.17. The largest absolute Gasteiger partial charge is 0.297 e. The maximum absolute atomic E-state index is 10.9. The van der Waals surface area contributed by atoms with E-state index in [0.29, 0.717) is 11.1 Å². The molecule has 14 heavy (non-hydrogen) atoms. The van der Waals surface area contributed by atoms with Crippen LogP contribution in [0.15, 0.2) is 18.3 Å². The summed E-state index contributed by atoms with van der Waals surface area (Å²) < 4.78 is 1.53. The number of nitro benzene ring substituents is 1. The van der Waals surface area contributed by atoms with Crippen molar-refractivity contribution in [3.63, 3.8) is 0 Å². The molecule has 5 nitrogen and oxygen atoms in total. The number of hydrogen-bond acceptors (Lipinski definition) is 3. The van der Waals surface area contributed by atoms with Gasteiger partial charge in [0.15, 0.2) is 0 Å². The highest BCUT2D eigenvalue weighted by Crippen LogP contribution is 2.28. The Bertz CT molecular complexity index is 516. The Morgan fingerprint density at radius 3 is 2.86 bits per heavy atom. The number of hydrogen-bond donors (Lipinski definition) is 0. The van der Waals surface area contributed by atoms with Crippen LogP contribution < -0.4 is 0 Å². The first-order chi connectivity index (χ1) is 6.61. The molecule has 0 aliphatic carbocycles. The zero-order valence-corrected chi connectivity index (χ0v) is 7.89. The Balaban J connectivity index is 2.94. The molecule has 5 heteroatoms. The lowest BCUT2D eigenvalue weighted by Crippen LogP contribution is -1.97. The summed E-state index contributed by atoms with van der Waals surface area (Å²) in [4.78, 5) is 10.5. The topological polar surface area (TPSA) is 61.0 Å². The van der Waals surface area contributed by atoms with Gasteiger partial charge in [0.1, 0.15) is 5.52 Å². The Morgan fingerprint density at radius 2 is 2.21 bits per heavy atom. The number of nitro groups is 1. The Hall–Kier alpha value is -1.91. The first kappa shape index (κ1) is 8.68. The highest BCUT2D eigenvalue weighted by molar-refractivity contribution is 5.88. The van der Waals surface area contributed by atoms with Crippen molar-refractivity contribution < 1.29 is 4.92 Å². The van der Waals surface area contributed by atoms with Gasteiger partial charge in [-0.2, -0.15) is 5.10 Å². The van der Waals surface area contributed by atoms with Crippen molar-refractivity contribution in [2.75, 3.05) is 0 Å². The van der Waals surface area contributed by atoms with Crippen molar-refractivity contribution in [2.45, 2.75) is 6.92 Å². The highest BCUT2D eigenvalue weighted by atomic mass is 16.6. The molecule has 2 rings (SSSR count). The molecule has 0 amide bonds. The Kier molecular flexibility index (Phi) is 1.73. The van der Waals surface area contributed by atoms with E-state index in [0.717, 1.165) is 5.39 Å². The molecule has 0 saturated heterocycles. The second-order valence-corrected chi connectivity index (χ2v) is 3.19. The maximum Gasteiger partial charge on any atom is 0.297 e. The standard InChI is InChI=1S/C9H9N3O2/c1-6-3-4-7-5-10-11(2)9(7)8(6)12(13)14/h3-5H,1-2H3. The number of benzene rings is 1. The molecular weight excluding hydrogens is 182 g/mol. The van der Waals surface area contributed by atoms with Gasteiger partial charge in [-0.05, 0) is 6.92 Å². The lowest BCUT2D eigenvalue weighted by atomic mass is 10.1. The molecule has 0 bridgehead atoms. The number of nitrogens with zero attached hydrogens (tertiary/aromatic N) is 3. The lowest BCUT2D eigenvalue weighted by molar-refractivity contribution is -0.383. The van der Waals surface area contributed by atoms with Crippen molar-refractivity contribution >= 4 is 16.6 Å². The molecule has 2 aromatic rings. The molecule has 1 aromatic heterocycles. The van der Waals surface area contributed by atoms with Crippen LogP contribution in [0.25, 0.3) is 10.9 Å². The van der Waals surface area contributed by atoms with E-state index in [2.05, 4.69) is 5.10 Å².